The molecule has 0 aliphatic carbocycles. The molecule has 0 bridgehead atoms. The first-order valence-electron chi connectivity index (χ1n) is 9.77. The van der Waals surface area contributed by atoms with Crippen molar-refractivity contribution in [2.24, 2.45) is 0 Å². The van der Waals surface area contributed by atoms with Gasteiger partial charge in [-0.3, -0.25) is 0 Å². The molecule has 9 nitrogen and oxygen atoms in total. The molecule has 1 aromatic carbocycles. The average molecular weight is 492 g/mol. The molecule has 4 aromatic rings. The summed E-state index contributed by atoms with van der Waals surface area (Å²) in [5.41, 5.74) is 2.19. The molecule has 0 atom stereocenters. The topological polar surface area (TPSA) is 103 Å². The maximum absolute atomic E-state index is 12.9. The van der Waals surface area contributed by atoms with E-state index in [1.807, 2.05) is 16.7 Å². The van der Waals surface area contributed by atoms with Gasteiger partial charge in [0.05, 0.1) is 28.8 Å². The summed E-state index contributed by atoms with van der Waals surface area (Å²) in [7, 11) is -3.61. The van der Waals surface area contributed by atoms with Crippen LogP contribution in [0.15, 0.2) is 63.3 Å². The predicted molar refractivity (Wildman–Crippen MR) is 119 cm³/mol. The molecule has 0 N–H and O–H groups in total. The SMILES string of the molecule is O=S(=O)(c1cccc(-c2nnc(SCc3cn4cc(Cl)ccc4n3)o2)c1)N1CCOCC1. The highest BCUT2D eigenvalue weighted by atomic mass is 35.5. The minimum absolute atomic E-state index is 0.188. The van der Waals surface area contributed by atoms with Gasteiger partial charge in [-0.1, -0.05) is 29.4 Å². The third-order valence-electron chi connectivity index (χ3n) is 4.90. The number of halogens is 1. The molecule has 0 amide bonds. The van der Waals surface area contributed by atoms with Crippen LogP contribution in [-0.4, -0.2) is 58.6 Å². The lowest BCUT2D eigenvalue weighted by atomic mass is 10.2. The molecule has 0 radical (unpaired) electrons. The summed E-state index contributed by atoms with van der Waals surface area (Å²) in [5.74, 6) is 0.792. The number of hydrogen-bond acceptors (Lipinski definition) is 8. The second-order valence-corrected chi connectivity index (χ2v) is 10.4. The van der Waals surface area contributed by atoms with Gasteiger partial charge in [-0.15, -0.1) is 10.2 Å². The Morgan fingerprint density at radius 1 is 1.09 bits per heavy atom. The Balaban J connectivity index is 1.31. The van der Waals surface area contributed by atoms with Crippen LogP contribution in [-0.2, 0) is 20.5 Å². The van der Waals surface area contributed by atoms with Crippen molar-refractivity contribution in [3.8, 4) is 11.5 Å². The molecular weight excluding hydrogens is 474 g/mol. The zero-order valence-corrected chi connectivity index (χ0v) is 19.1. The van der Waals surface area contributed by atoms with Crippen molar-refractivity contribution in [2.75, 3.05) is 26.3 Å². The molecule has 0 spiro atoms. The standard InChI is InChI=1S/C20H18ClN5O4S2/c21-15-4-5-18-22-16(12-25(18)11-15)13-31-20-24-23-19(30-20)14-2-1-3-17(10-14)32(27,28)26-6-8-29-9-7-26/h1-5,10-12H,6-9,13H2. The van der Waals surface area contributed by atoms with Crippen LogP contribution in [0.2, 0.25) is 5.02 Å². The Morgan fingerprint density at radius 2 is 1.94 bits per heavy atom. The third kappa shape index (κ3) is 4.39. The predicted octanol–water partition coefficient (Wildman–Crippen LogP) is 3.35. The van der Waals surface area contributed by atoms with Gasteiger partial charge in [0.2, 0.25) is 15.9 Å². The smallest absolute Gasteiger partial charge is 0.277 e. The van der Waals surface area contributed by atoms with Crippen LogP contribution in [0.5, 0.6) is 0 Å². The highest BCUT2D eigenvalue weighted by molar-refractivity contribution is 7.98. The summed E-state index contributed by atoms with van der Waals surface area (Å²) in [4.78, 5) is 4.72. The molecule has 32 heavy (non-hydrogen) atoms. The number of hydrogen-bond donors (Lipinski definition) is 0. The minimum Gasteiger partial charge on any atom is -0.411 e. The lowest BCUT2D eigenvalue weighted by Gasteiger charge is -2.26. The van der Waals surface area contributed by atoms with E-state index in [0.29, 0.717) is 47.9 Å². The van der Waals surface area contributed by atoms with Crippen LogP contribution in [0.4, 0.5) is 0 Å². The quantitative estimate of drug-likeness (QED) is 0.378. The zero-order chi connectivity index (χ0) is 22.1. The zero-order valence-electron chi connectivity index (χ0n) is 16.7. The van der Waals surface area contributed by atoms with Crippen LogP contribution >= 0.6 is 23.4 Å². The summed E-state index contributed by atoms with van der Waals surface area (Å²) in [6, 6.07) is 10.2. The summed E-state index contributed by atoms with van der Waals surface area (Å²) in [6.45, 7) is 1.46. The Kier molecular flexibility index (Phi) is 5.91. The number of rotatable bonds is 6. The molecule has 1 aliphatic heterocycles. The van der Waals surface area contributed by atoms with Crippen molar-refractivity contribution in [3.05, 3.63) is 59.5 Å². The van der Waals surface area contributed by atoms with Crippen molar-refractivity contribution in [1.82, 2.24) is 23.9 Å². The molecule has 166 valence electrons. The number of nitrogens with zero attached hydrogens (tertiary/aromatic N) is 5. The number of benzene rings is 1. The number of ether oxygens (including phenoxy) is 1. The van der Waals surface area contributed by atoms with E-state index >= 15 is 0 Å². The van der Waals surface area contributed by atoms with Crippen molar-refractivity contribution in [2.45, 2.75) is 15.9 Å². The molecule has 1 saturated heterocycles. The number of aromatic nitrogens is 4. The van der Waals surface area contributed by atoms with Crippen molar-refractivity contribution >= 4 is 39.0 Å². The van der Waals surface area contributed by atoms with Crippen molar-refractivity contribution in [3.63, 3.8) is 0 Å². The van der Waals surface area contributed by atoms with Crippen LogP contribution in [0.25, 0.3) is 17.1 Å². The summed E-state index contributed by atoms with van der Waals surface area (Å²) >= 11 is 7.36. The lowest BCUT2D eigenvalue weighted by molar-refractivity contribution is 0.0730. The normalized spacial score (nSPS) is 15.4. The van der Waals surface area contributed by atoms with Gasteiger partial charge < -0.3 is 13.6 Å². The number of fused-ring (bicyclic) bond motifs is 1. The van der Waals surface area contributed by atoms with Crippen LogP contribution in [0.1, 0.15) is 5.69 Å². The Bertz CT molecular complexity index is 1370. The number of thioether (sulfide) groups is 1. The van der Waals surface area contributed by atoms with E-state index in [1.165, 1.54) is 16.1 Å². The van der Waals surface area contributed by atoms with E-state index in [2.05, 4.69) is 15.2 Å². The van der Waals surface area contributed by atoms with Crippen LogP contribution in [0.3, 0.4) is 0 Å². The summed E-state index contributed by atoms with van der Waals surface area (Å²) in [6.07, 6.45) is 3.69. The summed E-state index contributed by atoms with van der Waals surface area (Å²) < 4.78 is 40.1. The maximum atomic E-state index is 12.9. The van der Waals surface area contributed by atoms with E-state index in [-0.39, 0.29) is 10.8 Å². The first-order valence-corrected chi connectivity index (χ1v) is 12.6. The molecule has 0 saturated carbocycles. The first-order chi connectivity index (χ1) is 15.5. The number of imidazole rings is 1. The third-order valence-corrected chi connectivity index (χ3v) is 7.87. The lowest BCUT2D eigenvalue weighted by Crippen LogP contribution is -2.40. The number of morpholine rings is 1. The van der Waals surface area contributed by atoms with Crippen molar-refractivity contribution in [1.29, 1.82) is 0 Å². The second kappa shape index (κ2) is 8.83. The largest absolute Gasteiger partial charge is 0.411 e. The van der Waals surface area contributed by atoms with Gasteiger partial charge in [-0.2, -0.15) is 4.31 Å². The van der Waals surface area contributed by atoms with E-state index < -0.39 is 10.0 Å². The van der Waals surface area contributed by atoms with E-state index in [0.717, 1.165) is 11.3 Å². The van der Waals surface area contributed by atoms with Crippen LogP contribution in [0, 0.1) is 0 Å². The Hall–Kier alpha value is -2.44. The van der Waals surface area contributed by atoms with Gasteiger partial charge in [0.15, 0.2) is 0 Å². The Morgan fingerprint density at radius 3 is 2.78 bits per heavy atom. The number of sulfonamides is 1. The maximum Gasteiger partial charge on any atom is 0.277 e. The van der Waals surface area contributed by atoms with E-state index in [9.17, 15) is 8.42 Å². The van der Waals surface area contributed by atoms with Gasteiger partial charge in [0.25, 0.3) is 5.22 Å². The van der Waals surface area contributed by atoms with Gasteiger partial charge in [0, 0.05) is 36.8 Å². The fourth-order valence-corrected chi connectivity index (χ4v) is 5.60. The minimum atomic E-state index is -3.61. The van der Waals surface area contributed by atoms with E-state index in [4.69, 9.17) is 20.8 Å². The fourth-order valence-electron chi connectivity index (χ4n) is 3.33. The second-order valence-electron chi connectivity index (χ2n) is 7.05. The molecule has 4 heterocycles. The summed E-state index contributed by atoms with van der Waals surface area (Å²) in [5, 5.41) is 9.16. The molecule has 3 aromatic heterocycles. The van der Waals surface area contributed by atoms with Crippen LogP contribution < -0.4 is 0 Å². The number of pyridine rings is 1. The fraction of sp³-hybridized carbons (Fsp3) is 0.250. The first kappa shape index (κ1) is 21.4. The average Bonchev–Trinajstić information content (AvgIpc) is 3.45. The molecule has 1 fully saturated rings. The highest BCUT2D eigenvalue weighted by Gasteiger charge is 2.27. The molecule has 12 heteroatoms. The monoisotopic (exact) mass is 491 g/mol. The van der Waals surface area contributed by atoms with Gasteiger partial charge >= 0.3 is 0 Å². The van der Waals surface area contributed by atoms with Gasteiger partial charge in [-0.05, 0) is 30.3 Å². The Labute approximate surface area is 193 Å². The van der Waals surface area contributed by atoms with Crippen molar-refractivity contribution < 1.29 is 17.6 Å². The highest BCUT2D eigenvalue weighted by Crippen LogP contribution is 2.28. The molecule has 5 rings (SSSR count). The van der Waals surface area contributed by atoms with Gasteiger partial charge in [0.1, 0.15) is 5.65 Å². The molecular formula is C20H18ClN5O4S2. The molecule has 0 unspecified atom stereocenters. The van der Waals surface area contributed by atoms with Gasteiger partial charge in [-0.25, -0.2) is 13.4 Å². The van der Waals surface area contributed by atoms with E-state index in [1.54, 1.807) is 36.5 Å². The molecule has 1 aliphatic rings.